The number of nitrogens with zero attached hydrogens (tertiary/aromatic N) is 3. The molecule has 7 nitrogen and oxygen atoms in total. The fourth-order valence-corrected chi connectivity index (χ4v) is 4.30. The fourth-order valence-electron chi connectivity index (χ4n) is 4.04. The number of rotatable bonds is 5. The van der Waals surface area contributed by atoms with E-state index in [1.807, 2.05) is 24.3 Å². The molecule has 1 aromatic carbocycles. The zero-order valence-corrected chi connectivity index (χ0v) is 16.9. The number of imide groups is 1. The van der Waals surface area contributed by atoms with Crippen molar-refractivity contribution in [2.45, 2.75) is 32.2 Å². The van der Waals surface area contributed by atoms with Crippen LogP contribution in [0.3, 0.4) is 0 Å². The molecule has 1 aliphatic carbocycles. The van der Waals surface area contributed by atoms with Gasteiger partial charge in [0, 0.05) is 10.5 Å². The summed E-state index contributed by atoms with van der Waals surface area (Å²) in [5.74, 6) is -0.738. The molecule has 8 heteroatoms. The lowest BCUT2D eigenvalue weighted by Crippen LogP contribution is -2.38. The molecule has 28 heavy (non-hydrogen) atoms. The Balaban J connectivity index is 1.41. The highest BCUT2D eigenvalue weighted by atomic mass is 79.9. The Kier molecular flexibility index (Phi) is 5.30. The monoisotopic (exact) mass is 444 g/mol. The highest BCUT2D eigenvalue weighted by molar-refractivity contribution is 9.10. The summed E-state index contributed by atoms with van der Waals surface area (Å²) in [7, 11) is 0. The molecule has 2 aliphatic rings. The molecule has 0 radical (unpaired) electrons. The molecule has 0 spiro atoms. The number of carbonyl (C=O) groups is 3. The van der Waals surface area contributed by atoms with Crippen molar-refractivity contribution in [3.8, 4) is 0 Å². The minimum Gasteiger partial charge on any atom is -0.309 e. The number of hydrogen-bond acceptors (Lipinski definition) is 4. The molecule has 1 N–H and O–H groups in total. The van der Waals surface area contributed by atoms with Crippen LogP contribution in [0.25, 0.3) is 0 Å². The van der Waals surface area contributed by atoms with E-state index in [1.165, 1.54) is 0 Å². The molecule has 2 fully saturated rings. The van der Waals surface area contributed by atoms with Crippen LogP contribution in [0.4, 0.5) is 5.82 Å². The number of nitrogens with one attached hydrogen (secondary N) is 1. The third-order valence-corrected chi connectivity index (χ3v) is 5.99. The van der Waals surface area contributed by atoms with Crippen molar-refractivity contribution in [1.82, 2.24) is 14.7 Å². The zero-order chi connectivity index (χ0) is 19.7. The average molecular weight is 445 g/mol. The van der Waals surface area contributed by atoms with Crippen molar-refractivity contribution >= 4 is 39.5 Å². The number of aromatic nitrogens is 2. The van der Waals surface area contributed by atoms with E-state index in [4.69, 9.17) is 0 Å². The van der Waals surface area contributed by atoms with Crippen LogP contribution in [0, 0.1) is 11.8 Å². The molecule has 0 bridgehead atoms. The maximum atomic E-state index is 12.5. The highest BCUT2D eigenvalue weighted by Gasteiger charge is 2.48. The number of likely N-dealkylation sites (tertiary alicyclic amines) is 1. The normalized spacial score (nSPS) is 21.7. The van der Waals surface area contributed by atoms with Crippen molar-refractivity contribution in [2.24, 2.45) is 11.8 Å². The highest BCUT2D eigenvalue weighted by Crippen LogP contribution is 2.37. The first-order valence-electron chi connectivity index (χ1n) is 9.44. The smallest absolute Gasteiger partial charge is 0.245 e. The molecule has 3 amide bonds. The SMILES string of the molecule is O=C(CN1C(=O)[C@H]2CCCC[C@H]2C1=O)Nc1ccnn1Cc1ccc(Br)cc1. The van der Waals surface area contributed by atoms with Gasteiger partial charge in [-0.3, -0.25) is 19.3 Å². The van der Waals surface area contributed by atoms with Crippen LogP contribution < -0.4 is 5.32 Å². The summed E-state index contributed by atoms with van der Waals surface area (Å²) >= 11 is 3.41. The quantitative estimate of drug-likeness (QED) is 0.718. The predicted molar refractivity (Wildman–Crippen MR) is 106 cm³/mol. The molecule has 1 saturated carbocycles. The summed E-state index contributed by atoms with van der Waals surface area (Å²) in [6, 6.07) is 9.54. The summed E-state index contributed by atoms with van der Waals surface area (Å²) in [6.45, 7) is 0.260. The van der Waals surface area contributed by atoms with E-state index >= 15 is 0 Å². The minimum absolute atomic E-state index is 0.201. The first-order valence-corrected chi connectivity index (χ1v) is 10.2. The minimum atomic E-state index is -0.391. The summed E-state index contributed by atoms with van der Waals surface area (Å²) < 4.78 is 2.67. The van der Waals surface area contributed by atoms with Gasteiger partial charge in [-0.05, 0) is 30.5 Å². The van der Waals surface area contributed by atoms with Crippen molar-refractivity contribution in [3.63, 3.8) is 0 Å². The van der Waals surface area contributed by atoms with Crippen LogP contribution in [-0.2, 0) is 20.9 Å². The number of fused-ring (bicyclic) bond motifs is 1. The first kappa shape index (κ1) is 18.9. The molecule has 2 atom stereocenters. The van der Waals surface area contributed by atoms with Gasteiger partial charge >= 0.3 is 0 Å². The molecule has 0 unspecified atom stereocenters. The van der Waals surface area contributed by atoms with Gasteiger partial charge in [0.1, 0.15) is 12.4 Å². The standard InChI is InChI=1S/C20H21BrN4O3/c21-14-7-5-13(6-8-14)11-25-17(9-10-22-25)23-18(26)12-24-19(27)15-3-1-2-4-16(15)20(24)28/h5-10,15-16H,1-4,11-12H2,(H,23,26)/t15-,16+. The number of benzene rings is 1. The first-order chi connectivity index (χ1) is 13.5. The molecule has 4 rings (SSSR count). The Morgan fingerprint density at radius 2 is 1.71 bits per heavy atom. The Hall–Kier alpha value is -2.48. The maximum Gasteiger partial charge on any atom is 0.245 e. The van der Waals surface area contributed by atoms with Crippen LogP contribution in [-0.4, -0.2) is 38.9 Å². The van der Waals surface area contributed by atoms with E-state index in [0.717, 1.165) is 40.6 Å². The largest absolute Gasteiger partial charge is 0.309 e. The van der Waals surface area contributed by atoms with Crippen molar-refractivity contribution in [3.05, 3.63) is 46.6 Å². The zero-order valence-electron chi connectivity index (χ0n) is 15.3. The van der Waals surface area contributed by atoms with Crippen LogP contribution >= 0.6 is 15.9 Å². The Bertz CT molecular complexity index is 884. The average Bonchev–Trinajstić information content (AvgIpc) is 3.22. The third-order valence-electron chi connectivity index (χ3n) is 5.46. The van der Waals surface area contributed by atoms with Crippen LogP contribution in [0.5, 0.6) is 0 Å². The van der Waals surface area contributed by atoms with Crippen molar-refractivity contribution in [1.29, 1.82) is 0 Å². The third kappa shape index (κ3) is 3.73. The van der Waals surface area contributed by atoms with Gasteiger partial charge in [0.05, 0.1) is 24.6 Å². The number of hydrogen-bond donors (Lipinski definition) is 1. The lowest BCUT2D eigenvalue weighted by Gasteiger charge is -2.19. The molecule has 146 valence electrons. The summed E-state index contributed by atoms with van der Waals surface area (Å²) in [6.07, 6.45) is 5.03. The van der Waals surface area contributed by atoms with Gasteiger partial charge in [-0.2, -0.15) is 5.10 Å². The molecule has 1 aromatic heterocycles. The van der Waals surface area contributed by atoms with Crippen LogP contribution in [0.1, 0.15) is 31.2 Å². The lowest BCUT2D eigenvalue weighted by atomic mass is 9.81. The van der Waals surface area contributed by atoms with E-state index in [-0.39, 0.29) is 30.2 Å². The molecule has 1 aliphatic heterocycles. The van der Waals surface area contributed by atoms with Gasteiger partial charge < -0.3 is 5.32 Å². The molecule has 2 heterocycles. The molecule has 1 saturated heterocycles. The van der Waals surface area contributed by atoms with Gasteiger partial charge in [-0.15, -0.1) is 0 Å². The van der Waals surface area contributed by atoms with Crippen LogP contribution in [0.2, 0.25) is 0 Å². The lowest BCUT2D eigenvalue weighted by molar-refractivity contribution is -0.142. The molecular weight excluding hydrogens is 424 g/mol. The topological polar surface area (TPSA) is 84.3 Å². The van der Waals surface area contributed by atoms with Crippen molar-refractivity contribution < 1.29 is 14.4 Å². The number of carbonyl (C=O) groups excluding carboxylic acids is 3. The second-order valence-corrected chi connectivity index (χ2v) is 8.22. The predicted octanol–water partition coefficient (Wildman–Crippen LogP) is 2.81. The van der Waals surface area contributed by atoms with Gasteiger partial charge in [0.2, 0.25) is 17.7 Å². The summed E-state index contributed by atoms with van der Waals surface area (Å²) in [5, 5.41) is 7.03. The maximum absolute atomic E-state index is 12.5. The number of amides is 3. The van der Waals surface area contributed by atoms with Gasteiger partial charge in [-0.25, -0.2) is 4.68 Å². The second-order valence-electron chi connectivity index (χ2n) is 7.31. The van der Waals surface area contributed by atoms with Gasteiger partial charge in [0.25, 0.3) is 0 Å². The Morgan fingerprint density at radius 1 is 1.07 bits per heavy atom. The number of anilines is 1. The van der Waals surface area contributed by atoms with Crippen LogP contribution in [0.15, 0.2) is 41.0 Å². The summed E-state index contributed by atoms with van der Waals surface area (Å²) in [5.41, 5.74) is 1.04. The van der Waals surface area contributed by atoms with E-state index in [0.29, 0.717) is 12.4 Å². The van der Waals surface area contributed by atoms with E-state index in [9.17, 15) is 14.4 Å². The van der Waals surface area contributed by atoms with E-state index in [2.05, 4.69) is 26.3 Å². The molecular formula is C20H21BrN4O3. The van der Waals surface area contributed by atoms with Crippen molar-refractivity contribution in [2.75, 3.05) is 11.9 Å². The van der Waals surface area contributed by atoms with Gasteiger partial charge in [-0.1, -0.05) is 40.9 Å². The van der Waals surface area contributed by atoms with E-state index < -0.39 is 5.91 Å². The Morgan fingerprint density at radius 3 is 2.36 bits per heavy atom. The second kappa shape index (κ2) is 7.87. The fraction of sp³-hybridized carbons (Fsp3) is 0.400. The molecule has 2 aromatic rings. The summed E-state index contributed by atoms with van der Waals surface area (Å²) in [4.78, 5) is 38.7. The van der Waals surface area contributed by atoms with Gasteiger partial charge in [0.15, 0.2) is 0 Å². The van der Waals surface area contributed by atoms with E-state index in [1.54, 1.807) is 16.9 Å². The number of halogens is 1. The Labute approximate surface area is 171 Å².